The minimum Gasteiger partial charge on any atom is -0.311 e. The van der Waals surface area contributed by atoms with Crippen LogP contribution in [0.5, 0.6) is 0 Å². The Morgan fingerprint density at radius 3 is 2.25 bits per heavy atom. The van der Waals surface area contributed by atoms with E-state index in [2.05, 4.69) is 0 Å². The van der Waals surface area contributed by atoms with Crippen molar-refractivity contribution < 1.29 is 4.79 Å². The molecule has 0 bridgehead atoms. The third-order valence-electron chi connectivity index (χ3n) is 0.0962. The van der Waals surface area contributed by atoms with E-state index in [0.717, 1.165) is 5.91 Å². The first kappa shape index (κ1) is 3.95. The van der Waals surface area contributed by atoms with Gasteiger partial charge < -0.3 is 4.79 Å². The molecule has 0 atom stereocenters. The highest BCUT2D eigenvalue weighted by Crippen LogP contribution is 1.19. The van der Waals surface area contributed by atoms with Crippen molar-refractivity contribution in [1.29, 1.82) is 0 Å². The zero-order chi connectivity index (χ0) is 3.41. The molecule has 0 rings (SSSR count). The van der Waals surface area contributed by atoms with E-state index in [1.165, 1.54) is 0 Å². The van der Waals surface area contributed by atoms with Crippen LogP contribution in [0.3, 0.4) is 0 Å². The van der Waals surface area contributed by atoms with Crippen molar-refractivity contribution in [2.45, 2.75) is 0 Å². The highest BCUT2D eigenvalue weighted by Gasteiger charge is 1.55. The summed E-state index contributed by atoms with van der Waals surface area (Å²) in [5, 5.41) is 0. The van der Waals surface area contributed by atoms with Gasteiger partial charge in [-0.15, -0.1) is 0 Å². The smallest absolute Gasteiger partial charge is 0.0832 e. The molecule has 0 aliphatic rings. The van der Waals surface area contributed by atoms with Crippen LogP contribution in [0.4, 0.5) is 0 Å². The Bertz CT molecular complexity index is 22.0. The summed E-state index contributed by atoms with van der Waals surface area (Å²) in [6.07, 6.45) is 0. The van der Waals surface area contributed by atoms with Crippen molar-refractivity contribution in [3.63, 3.8) is 0 Å². The standard InChI is InChI=1S/CH3BOSi/c2-4-1-3/h1H,4H2. The van der Waals surface area contributed by atoms with Gasteiger partial charge in [-0.3, -0.25) is 0 Å². The van der Waals surface area contributed by atoms with Crippen LogP contribution < -0.4 is 0 Å². The average molecular weight is 69.9 g/mol. The molecule has 0 unspecified atom stereocenters. The van der Waals surface area contributed by atoms with Gasteiger partial charge in [-0.25, -0.2) is 0 Å². The average Bonchev–Trinajstić information content (AvgIpc) is 1.37. The molecule has 0 aromatic rings. The summed E-state index contributed by atoms with van der Waals surface area (Å²) in [4.78, 5) is 9.11. The maximum absolute atomic E-state index is 9.11. The zero-order valence-electron chi connectivity index (χ0n) is 2.27. The topological polar surface area (TPSA) is 17.1 Å². The lowest BCUT2D eigenvalue weighted by atomic mass is 10.8. The molecule has 20 valence electrons. The first-order valence-electron chi connectivity index (χ1n) is 1.05. The SMILES string of the molecule is [B][SiH2]C=O. The molecule has 0 spiro atoms. The van der Waals surface area contributed by atoms with Crippen LogP contribution in [0.1, 0.15) is 0 Å². The summed E-state index contributed by atoms with van der Waals surface area (Å²) in [5.74, 6) is 0.792. The normalized spacial score (nSPS) is 9.00. The van der Waals surface area contributed by atoms with E-state index in [4.69, 9.17) is 12.2 Å². The molecule has 0 aromatic heterocycles. The van der Waals surface area contributed by atoms with Crippen LogP contribution in [0.25, 0.3) is 0 Å². The van der Waals surface area contributed by atoms with Crippen molar-refractivity contribution in [3.8, 4) is 0 Å². The van der Waals surface area contributed by atoms with Gasteiger partial charge in [-0.2, -0.15) is 0 Å². The third-order valence-corrected chi connectivity index (χ3v) is 0.289. The number of hydrogen-bond acceptors (Lipinski definition) is 1. The minimum atomic E-state index is -0.756. The van der Waals surface area contributed by atoms with E-state index >= 15 is 0 Å². The Balaban J connectivity index is 2.30. The lowest BCUT2D eigenvalue weighted by Crippen LogP contribution is -1.85. The molecule has 0 aliphatic heterocycles. The maximum Gasteiger partial charge on any atom is 0.0832 e. The molecule has 0 heterocycles. The van der Waals surface area contributed by atoms with Crippen molar-refractivity contribution >= 4 is 22.7 Å². The molecule has 0 fully saturated rings. The summed E-state index contributed by atoms with van der Waals surface area (Å²) in [5.41, 5.74) is 0. The van der Waals surface area contributed by atoms with Crippen molar-refractivity contribution in [2.24, 2.45) is 0 Å². The second-order valence-corrected chi connectivity index (χ2v) is 1.21. The van der Waals surface area contributed by atoms with Gasteiger partial charge in [0.05, 0.1) is 22.7 Å². The zero-order valence-corrected chi connectivity index (χ0v) is 3.68. The Morgan fingerprint density at radius 2 is 2.25 bits per heavy atom. The van der Waals surface area contributed by atoms with E-state index in [1.807, 2.05) is 0 Å². The Hall–Kier alpha value is -0.0482. The second-order valence-electron chi connectivity index (χ2n) is 0.402. The summed E-state index contributed by atoms with van der Waals surface area (Å²) in [6, 6.07) is 0. The molecule has 0 aliphatic carbocycles. The number of hydrogen-bond donors (Lipinski definition) is 0. The molecule has 0 aromatic carbocycles. The largest absolute Gasteiger partial charge is 0.311 e. The Kier molecular flexibility index (Phi) is 2.92. The van der Waals surface area contributed by atoms with Gasteiger partial charge in [0.15, 0.2) is 0 Å². The quantitative estimate of drug-likeness (QED) is 0.269. The van der Waals surface area contributed by atoms with Gasteiger partial charge in [-0.1, -0.05) is 0 Å². The van der Waals surface area contributed by atoms with Crippen LogP contribution in [-0.4, -0.2) is 22.7 Å². The van der Waals surface area contributed by atoms with E-state index in [9.17, 15) is 0 Å². The van der Waals surface area contributed by atoms with Gasteiger partial charge in [-0.05, 0) is 0 Å². The predicted octanol–water partition coefficient (Wildman–Crippen LogP) is -1.57. The van der Waals surface area contributed by atoms with Gasteiger partial charge in [0.1, 0.15) is 0 Å². The molecule has 2 radical (unpaired) electrons. The van der Waals surface area contributed by atoms with Crippen molar-refractivity contribution in [1.82, 2.24) is 0 Å². The van der Waals surface area contributed by atoms with E-state index in [-0.39, 0.29) is 0 Å². The minimum absolute atomic E-state index is 0.756. The highest BCUT2D eigenvalue weighted by atomic mass is 28.2. The first-order chi connectivity index (χ1) is 1.91. The van der Waals surface area contributed by atoms with E-state index in [0.29, 0.717) is 0 Å². The Morgan fingerprint density at radius 1 is 2.00 bits per heavy atom. The van der Waals surface area contributed by atoms with E-state index < -0.39 is 9.39 Å². The summed E-state index contributed by atoms with van der Waals surface area (Å²) in [6.45, 7) is 0. The number of carbonyl (C=O) groups excluding carboxylic acids is 1. The molecule has 4 heavy (non-hydrogen) atoms. The van der Waals surface area contributed by atoms with Crippen LogP contribution in [0.15, 0.2) is 0 Å². The molecule has 0 amide bonds. The molecule has 0 saturated heterocycles. The molecule has 0 saturated carbocycles. The van der Waals surface area contributed by atoms with Gasteiger partial charge in [0.25, 0.3) is 0 Å². The molecular weight excluding hydrogens is 66.9 g/mol. The third kappa shape index (κ3) is 1.95. The maximum atomic E-state index is 9.11. The van der Waals surface area contributed by atoms with Gasteiger partial charge in [0, 0.05) is 0 Å². The summed E-state index contributed by atoms with van der Waals surface area (Å²) < 4.78 is 0. The van der Waals surface area contributed by atoms with Crippen molar-refractivity contribution in [3.05, 3.63) is 0 Å². The van der Waals surface area contributed by atoms with Crippen LogP contribution in [-0.2, 0) is 4.79 Å². The lowest BCUT2D eigenvalue weighted by Gasteiger charge is -1.48. The van der Waals surface area contributed by atoms with Gasteiger partial charge in [0.2, 0.25) is 0 Å². The molecule has 3 heteroatoms. The van der Waals surface area contributed by atoms with Gasteiger partial charge >= 0.3 is 0 Å². The predicted molar refractivity (Wildman–Crippen MR) is 21.0 cm³/mol. The van der Waals surface area contributed by atoms with Crippen molar-refractivity contribution in [2.75, 3.05) is 0 Å². The first-order valence-corrected chi connectivity index (χ1v) is 2.69. The van der Waals surface area contributed by atoms with E-state index in [1.54, 1.807) is 0 Å². The fraction of sp³-hybridized carbons (Fsp3) is 0. The number of carbonyl (C=O) groups is 1. The number of rotatable bonds is 1. The van der Waals surface area contributed by atoms with Crippen LogP contribution >= 0.6 is 0 Å². The second kappa shape index (κ2) is 2.95. The highest BCUT2D eigenvalue weighted by molar-refractivity contribution is 7.04. The lowest BCUT2D eigenvalue weighted by molar-refractivity contribution is 0.569. The summed E-state index contributed by atoms with van der Waals surface area (Å²) in [7, 11) is 4.04. The monoisotopic (exact) mass is 70.0 g/mol. The molecule has 1 nitrogen and oxygen atoms in total. The fourth-order valence-electron chi connectivity index (χ4n) is 0. The molecule has 0 N–H and O–H groups in total. The fourth-order valence-corrected chi connectivity index (χ4v) is 0. The molecular formula is CH3BOSi. The van der Waals surface area contributed by atoms with Crippen LogP contribution in [0.2, 0.25) is 0 Å². The Labute approximate surface area is 28.6 Å². The summed E-state index contributed by atoms with van der Waals surface area (Å²) >= 11 is 0. The van der Waals surface area contributed by atoms with Crippen LogP contribution in [0, 0.1) is 0 Å².